The summed E-state index contributed by atoms with van der Waals surface area (Å²) in [5, 5.41) is 2.17. The molecule has 0 aromatic heterocycles. The Kier molecular flexibility index (Phi) is 6.43. The van der Waals surface area contributed by atoms with Crippen LogP contribution >= 0.6 is 0 Å². The van der Waals surface area contributed by atoms with Gasteiger partial charge in [0.2, 0.25) is 10.0 Å². The van der Waals surface area contributed by atoms with E-state index in [1.54, 1.807) is 54.6 Å². The molecule has 1 aliphatic rings. The molecule has 0 N–H and O–H groups in total. The number of hydrogen-bond donors (Lipinski definition) is 0. The minimum Gasteiger partial charge on any atom is -0.223 e. The van der Waals surface area contributed by atoms with Crippen molar-refractivity contribution in [3.8, 4) is 0 Å². The largest absolute Gasteiger partial charge is 0.243 e. The van der Waals surface area contributed by atoms with Crippen LogP contribution in [0.15, 0.2) is 94.7 Å². The highest BCUT2D eigenvalue weighted by Crippen LogP contribution is 2.40. The van der Waals surface area contributed by atoms with Gasteiger partial charge in [0.1, 0.15) is 5.25 Å². The summed E-state index contributed by atoms with van der Waals surface area (Å²) < 4.78 is 57.3. The third kappa shape index (κ3) is 4.56. The van der Waals surface area contributed by atoms with Gasteiger partial charge in [-0.2, -0.15) is 4.31 Å². The van der Waals surface area contributed by atoms with Crippen LogP contribution in [0.25, 0.3) is 10.8 Å². The lowest BCUT2D eigenvalue weighted by molar-refractivity contribution is 0.382. The zero-order chi connectivity index (χ0) is 26.6. The number of fused-ring (bicyclic) bond motifs is 2. The van der Waals surface area contributed by atoms with E-state index in [1.807, 2.05) is 31.2 Å². The van der Waals surface area contributed by atoms with Crippen LogP contribution in [-0.4, -0.2) is 35.8 Å². The second-order valence-corrected chi connectivity index (χ2v) is 19.8. The van der Waals surface area contributed by atoms with Crippen molar-refractivity contribution in [3.05, 3.63) is 102 Å². The van der Waals surface area contributed by atoms with Crippen molar-refractivity contribution in [1.82, 2.24) is 4.31 Å². The molecule has 0 spiro atoms. The molecule has 4 aromatic rings. The molecule has 37 heavy (non-hydrogen) atoms. The van der Waals surface area contributed by atoms with Crippen molar-refractivity contribution in [1.29, 1.82) is 0 Å². The number of benzene rings is 4. The molecule has 0 fully saturated rings. The van der Waals surface area contributed by atoms with Crippen LogP contribution < -0.4 is 5.19 Å². The van der Waals surface area contributed by atoms with E-state index in [0.29, 0.717) is 0 Å². The second kappa shape index (κ2) is 9.20. The van der Waals surface area contributed by atoms with Gasteiger partial charge in [-0.1, -0.05) is 79.8 Å². The molecule has 192 valence electrons. The average molecular weight is 550 g/mol. The number of rotatable bonds is 5. The molecule has 4 aromatic carbocycles. The van der Waals surface area contributed by atoms with Gasteiger partial charge in [0.15, 0.2) is 9.84 Å². The van der Waals surface area contributed by atoms with Crippen molar-refractivity contribution in [2.24, 2.45) is 0 Å². The maximum Gasteiger partial charge on any atom is 0.243 e. The average Bonchev–Trinajstić information content (AvgIpc) is 2.86. The number of aryl methyl sites for hydroxylation is 1. The molecule has 0 saturated heterocycles. The summed E-state index contributed by atoms with van der Waals surface area (Å²) in [4.78, 5) is 0.371. The molecule has 0 aliphatic carbocycles. The van der Waals surface area contributed by atoms with E-state index in [1.165, 1.54) is 4.31 Å². The van der Waals surface area contributed by atoms with Crippen LogP contribution in [-0.2, 0) is 26.4 Å². The van der Waals surface area contributed by atoms with Gasteiger partial charge in [-0.05, 0) is 64.3 Å². The number of nitrogens with zero attached hydrogens (tertiary/aromatic N) is 1. The summed E-state index contributed by atoms with van der Waals surface area (Å²) in [7, 11) is -9.84. The Morgan fingerprint density at radius 3 is 2.05 bits per heavy atom. The van der Waals surface area contributed by atoms with E-state index in [9.17, 15) is 16.8 Å². The van der Waals surface area contributed by atoms with Crippen molar-refractivity contribution in [3.63, 3.8) is 0 Å². The van der Waals surface area contributed by atoms with Crippen LogP contribution in [0, 0.1) is 6.92 Å². The molecule has 0 amide bonds. The Morgan fingerprint density at radius 1 is 0.784 bits per heavy atom. The highest BCUT2D eigenvalue weighted by Gasteiger charge is 2.42. The maximum atomic E-state index is 14.1. The first-order valence-corrected chi connectivity index (χ1v) is 18.8. The Bertz CT molecular complexity index is 1690. The highest BCUT2D eigenvalue weighted by atomic mass is 32.2. The van der Waals surface area contributed by atoms with E-state index in [-0.39, 0.29) is 22.9 Å². The first kappa shape index (κ1) is 25.8. The van der Waals surface area contributed by atoms with Crippen molar-refractivity contribution in [2.75, 3.05) is 6.54 Å². The Balaban J connectivity index is 1.79. The maximum absolute atomic E-state index is 14.1. The van der Waals surface area contributed by atoms with Crippen LogP contribution in [0.2, 0.25) is 19.6 Å². The molecule has 8 heteroatoms. The zero-order valence-corrected chi connectivity index (χ0v) is 24.1. The first-order valence-electron chi connectivity index (χ1n) is 12.3. The summed E-state index contributed by atoms with van der Waals surface area (Å²) in [6, 6.07) is 25.1. The van der Waals surface area contributed by atoms with E-state index in [4.69, 9.17) is 0 Å². The van der Waals surface area contributed by atoms with Crippen molar-refractivity contribution < 1.29 is 16.8 Å². The lowest BCUT2D eigenvalue weighted by Gasteiger charge is -2.37. The van der Waals surface area contributed by atoms with E-state index in [2.05, 4.69) is 25.7 Å². The zero-order valence-electron chi connectivity index (χ0n) is 21.5. The SMILES string of the molecule is Cc1ccc(S(=O)(=O)N2Cc3c(cc4ccccc4c3[Si](C)(C)C)C(S(=O)(=O)c3ccccc3)C2)cc1. The summed E-state index contributed by atoms with van der Waals surface area (Å²) in [5.41, 5.74) is 2.51. The first-order chi connectivity index (χ1) is 17.4. The molecule has 1 aliphatic heterocycles. The van der Waals surface area contributed by atoms with Gasteiger partial charge < -0.3 is 0 Å². The molecule has 5 rings (SSSR count). The van der Waals surface area contributed by atoms with Gasteiger partial charge in [0.05, 0.1) is 17.9 Å². The highest BCUT2D eigenvalue weighted by molar-refractivity contribution is 7.92. The smallest absolute Gasteiger partial charge is 0.223 e. The number of hydrogen-bond acceptors (Lipinski definition) is 4. The lowest BCUT2D eigenvalue weighted by atomic mass is 9.95. The quantitative estimate of drug-likeness (QED) is 0.312. The fourth-order valence-electron chi connectivity index (χ4n) is 5.33. The lowest BCUT2D eigenvalue weighted by Crippen LogP contribution is -2.48. The minimum absolute atomic E-state index is 0.135. The Labute approximate surface area is 220 Å². The molecule has 1 atom stereocenters. The third-order valence-corrected chi connectivity index (χ3v) is 13.1. The number of sulfone groups is 1. The third-order valence-electron chi connectivity index (χ3n) is 7.10. The topological polar surface area (TPSA) is 71.5 Å². The number of sulfonamides is 1. The van der Waals surface area contributed by atoms with Gasteiger partial charge in [-0.25, -0.2) is 16.8 Å². The van der Waals surface area contributed by atoms with Gasteiger partial charge in [-0.15, -0.1) is 0 Å². The van der Waals surface area contributed by atoms with Crippen molar-refractivity contribution in [2.45, 2.75) is 48.2 Å². The van der Waals surface area contributed by atoms with E-state index < -0.39 is 33.2 Å². The minimum atomic E-state index is -3.93. The molecule has 1 heterocycles. The molecule has 1 unspecified atom stereocenters. The summed E-state index contributed by atoms with van der Waals surface area (Å²) in [6.45, 7) is 8.59. The van der Waals surface area contributed by atoms with Gasteiger partial charge in [0, 0.05) is 13.1 Å². The van der Waals surface area contributed by atoms with Crippen LogP contribution in [0.3, 0.4) is 0 Å². The van der Waals surface area contributed by atoms with Crippen LogP contribution in [0.1, 0.15) is 21.9 Å². The molecular weight excluding hydrogens is 519 g/mol. The van der Waals surface area contributed by atoms with E-state index in [0.717, 1.165) is 32.6 Å². The molecule has 0 radical (unpaired) electrons. The van der Waals surface area contributed by atoms with Gasteiger partial charge in [0.25, 0.3) is 0 Å². The summed E-state index contributed by atoms with van der Waals surface area (Å²) in [6.07, 6.45) is 0. The predicted molar refractivity (Wildman–Crippen MR) is 152 cm³/mol. The normalized spacial score (nSPS) is 17.0. The van der Waals surface area contributed by atoms with Crippen molar-refractivity contribution >= 4 is 43.9 Å². The van der Waals surface area contributed by atoms with Crippen LogP contribution in [0.4, 0.5) is 0 Å². The van der Waals surface area contributed by atoms with E-state index >= 15 is 0 Å². The molecular formula is C29H31NO4S2Si. The summed E-state index contributed by atoms with van der Waals surface area (Å²) >= 11 is 0. The van der Waals surface area contributed by atoms with Gasteiger partial charge >= 0.3 is 0 Å². The van der Waals surface area contributed by atoms with Gasteiger partial charge in [-0.3, -0.25) is 0 Å². The molecule has 0 bridgehead atoms. The Morgan fingerprint density at radius 2 is 1.41 bits per heavy atom. The second-order valence-electron chi connectivity index (χ2n) is 10.7. The standard InChI is InChI=1S/C29H31NO4S2Si/c1-21-14-16-24(17-15-21)36(33,34)30-19-27-26(28(20-30)35(31,32)23-11-6-5-7-12-23)18-22-10-8-9-13-25(22)29(27)37(2,3)4/h5-18,28H,19-20H2,1-4H3. The fraction of sp³-hybridized carbons (Fsp3) is 0.241. The summed E-state index contributed by atoms with van der Waals surface area (Å²) in [5.74, 6) is 0. The molecule has 0 saturated carbocycles. The van der Waals surface area contributed by atoms with Crippen LogP contribution in [0.5, 0.6) is 0 Å². The molecule has 5 nitrogen and oxygen atoms in total. The monoisotopic (exact) mass is 549 g/mol. The predicted octanol–water partition coefficient (Wildman–Crippen LogP) is 5.41. The Hall–Kier alpha value is -2.78. The fourth-order valence-corrected chi connectivity index (χ4v) is 10.8.